The third-order valence-corrected chi connectivity index (χ3v) is 5.07. The Labute approximate surface area is 110 Å². The van der Waals surface area contributed by atoms with E-state index in [0.29, 0.717) is 25.3 Å². The highest BCUT2D eigenvalue weighted by Crippen LogP contribution is 2.19. The van der Waals surface area contributed by atoms with Crippen molar-refractivity contribution >= 4 is 15.7 Å². The maximum absolute atomic E-state index is 12.2. The Morgan fingerprint density at radius 3 is 2.44 bits per heavy atom. The molecule has 1 heterocycles. The first-order valence-corrected chi connectivity index (χ1v) is 8.35. The molecule has 5 nitrogen and oxygen atoms in total. The number of nitrogens with two attached hydrogens (primary N) is 1. The molecule has 1 unspecified atom stereocenters. The Bertz CT molecular complexity index is 392. The zero-order valence-corrected chi connectivity index (χ0v) is 12.2. The Morgan fingerprint density at radius 2 is 2.06 bits per heavy atom. The van der Waals surface area contributed by atoms with Gasteiger partial charge in [0.05, 0.1) is 17.5 Å². The predicted octanol–water partition coefficient (Wildman–Crippen LogP) is 0.395. The Hall–Kier alpha value is -0.620. The quantitative estimate of drug-likeness (QED) is 0.788. The summed E-state index contributed by atoms with van der Waals surface area (Å²) in [7, 11) is -2.97. The van der Waals surface area contributed by atoms with E-state index < -0.39 is 15.9 Å². The number of carbonyl (C=O) groups excluding carboxylic acids is 1. The van der Waals surface area contributed by atoms with Gasteiger partial charge in [0.15, 0.2) is 9.84 Å². The van der Waals surface area contributed by atoms with Gasteiger partial charge in [-0.15, -0.1) is 0 Å². The molecule has 0 radical (unpaired) electrons. The van der Waals surface area contributed by atoms with Crippen LogP contribution in [0, 0.1) is 5.92 Å². The van der Waals surface area contributed by atoms with Crippen molar-refractivity contribution in [1.29, 1.82) is 0 Å². The molecular weight excluding hydrogens is 252 g/mol. The first-order valence-electron chi connectivity index (χ1n) is 6.53. The van der Waals surface area contributed by atoms with Crippen LogP contribution in [0.15, 0.2) is 0 Å². The molecule has 2 atom stereocenters. The summed E-state index contributed by atoms with van der Waals surface area (Å²) in [6.07, 6.45) is 1.17. The number of hydrogen-bond acceptors (Lipinski definition) is 4. The van der Waals surface area contributed by atoms with Crippen molar-refractivity contribution < 1.29 is 13.2 Å². The summed E-state index contributed by atoms with van der Waals surface area (Å²) < 4.78 is 22.9. The van der Waals surface area contributed by atoms with Crippen LogP contribution in [-0.4, -0.2) is 49.4 Å². The summed E-state index contributed by atoms with van der Waals surface area (Å²) in [5.41, 5.74) is 5.89. The van der Waals surface area contributed by atoms with Gasteiger partial charge in [0.1, 0.15) is 0 Å². The van der Waals surface area contributed by atoms with Gasteiger partial charge >= 0.3 is 0 Å². The lowest BCUT2D eigenvalue weighted by Gasteiger charge is -2.30. The number of hydrogen-bond donors (Lipinski definition) is 1. The van der Waals surface area contributed by atoms with E-state index in [1.807, 2.05) is 20.8 Å². The summed E-state index contributed by atoms with van der Waals surface area (Å²) in [5, 5.41) is 0. The molecule has 0 bridgehead atoms. The SMILES string of the molecule is CCN(C(=O)[C@@H](N)CC(C)C)C1CCS(=O)(=O)C1. The third-order valence-electron chi connectivity index (χ3n) is 3.32. The number of nitrogens with zero attached hydrogens (tertiary/aromatic N) is 1. The molecule has 1 aliphatic heterocycles. The van der Waals surface area contributed by atoms with Crippen molar-refractivity contribution in [3.8, 4) is 0 Å². The van der Waals surface area contributed by atoms with Gasteiger partial charge in [0, 0.05) is 12.6 Å². The van der Waals surface area contributed by atoms with E-state index in [1.54, 1.807) is 4.90 Å². The van der Waals surface area contributed by atoms with Crippen LogP contribution < -0.4 is 5.73 Å². The van der Waals surface area contributed by atoms with Crippen LogP contribution in [-0.2, 0) is 14.6 Å². The fourth-order valence-corrected chi connectivity index (χ4v) is 4.17. The average Bonchev–Trinajstić information content (AvgIpc) is 2.58. The molecule has 1 fully saturated rings. The minimum atomic E-state index is -2.97. The fourth-order valence-electron chi connectivity index (χ4n) is 2.44. The second kappa shape index (κ2) is 6.02. The maximum atomic E-state index is 12.2. The van der Waals surface area contributed by atoms with E-state index in [2.05, 4.69) is 0 Å². The highest BCUT2D eigenvalue weighted by atomic mass is 32.2. The molecule has 0 aromatic heterocycles. The molecule has 0 aliphatic carbocycles. The van der Waals surface area contributed by atoms with Gasteiger partial charge in [-0.1, -0.05) is 13.8 Å². The number of likely N-dealkylation sites (N-methyl/N-ethyl adjacent to an activating group) is 1. The van der Waals surface area contributed by atoms with Gasteiger partial charge < -0.3 is 10.6 Å². The van der Waals surface area contributed by atoms with E-state index in [4.69, 9.17) is 5.73 Å². The maximum Gasteiger partial charge on any atom is 0.239 e. The number of rotatable bonds is 5. The van der Waals surface area contributed by atoms with E-state index in [0.717, 1.165) is 0 Å². The van der Waals surface area contributed by atoms with Gasteiger partial charge in [-0.05, 0) is 25.7 Å². The van der Waals surface area contributed by atoms with Crippen LogP contribution in [0.4, 0.5) is 0 Å². The molecule has 0 aromatic carbocycles. The average molecular weight is 276 g/mol. The molecule has 0 spiro atoms. The normalized spacial score (nSPS) is 24.2. The Morgan fingerprint density at radius 1 is 1.44 bits per heavy atom. The predicted molar refractivity (Wildman–Crippen MR) is 71.9 cm³/mol. The van der Waals surface area contributed by atoms with Crippen molar-refractivity contribution in [3.63, 3.8) is 0 Å². The van der Waals surface area contributed by atoms with Crippen LogP contribution in [0.25, 0.3) is 0 Å². The molecule has 1 saturated heterocycles. The van der Waals surface area contributed by atoms with E-state index >= 15 is 0 Å². The molecule has 1 aliphatic rings. The first kappa shape index (κ1) is 15.4. The zero-order valence-electron chi connectivity index (χ0n) is 11.4. The van der Waals surface area contributed by atoms with Crippen molar-refractivity contribution in [3.05, 3.63) is 0 Å². The molecule has 2 N–H and O–H groups in total. The lowest BCUT2D eigenvalue weighted by molar-refractivity contribution is -0.134. The minimum absolute atomic E-state index is 0.0843. The summed E-state index contributed by atoms with van der Waals surface area (Å²) in [5.74, 6) is 0.505. The van der Waals surface area contributed by atoms with Gasteiger partial charge in [-0.3, -0.25) is 4.79 Å². The van der Waals surface area contributed by atoms with Crippen molar-refractivity contribution in [2.45, 2.75) is 45.7 Å². The molecule has 0 aromatic rings. The van der Waals surface area contributed by atoms with E-state index in [-0.39, 0.29) is 23.5 Å². The third kappa shape index (κ3) is 3.95. The lowest BCUT2D eigenvalue weighted by Crippen LogP contribution is -2.49. The molecule has 18 heavy (non-hydrogen) atoms. The first-order chi connectivity index (χ1) is 8.26. The fraction of sp³-hybridized carbons (Fsp3) is 0.917. The number of amides is 1. The molecule has 6 heteroatoms. The zero-order chi connectivity index (χ0) is 13.9. The summed E-state index contributed by atoms with van der Waals surface area (Å²) in [6, 6.07) is -0.709. The number of carbonyl (C=O) groups is 1. The van der Waals surface area contributed by atoms with Gasteiger partial charge in [-0.25, -0.2) is 8.42 Å². The highest BCUT2D eigenvalue weighted by Gasteiger charge is 2.35. The monoisotopic (exact) mass is 276 g/mol. The van der Waals surface area contributed by atoms with Gasteiger partial charge in [0.2, 0.25) is 5.91 Å². The highest BCUT2D eigenvalue weighted by molar-refractivity contribution is 7.91. The van der Waals surface area contributed by atoms with Crippen LogP contribution in [0.1, 0.15) is 33.6 Å². The van der Waals surface area contributed by atoms with Crippen LogP contribution in [0.5, 0.6) is 0 Å². The topological polar surface area (TPSA) is 80.5 Å². The van der Waals surface area contributed by atoms with Crippen molar-refractivity contribution in [1.82, 2.24) is 4.90 Å². The van der Waals surface area contributed by atoms with Crippen molar-refractivity contribution in [2.24, 2.45) is 11.7 Å². The van der Waals surface area contributed by atoms with Crippen LogP contribution in [0.3, 0.4) is 0 Å². The summed E-state index contributed by atoms with van der Waals surface area (Å²) >= 11 is 0. The summed E-state index contributed by atoms with van der Waals surface area (Å²) in [4.78, 5) is 13.9. The van der Waals surface area contributed by atoms with E-state index in [9.17, 15) is 13.2 Å². The molecular formula is C12H24N2O3S. The largest absolute Gasteiger partial charge is 0.338 e. The Kier molecular flexibility index (Phi) is 5.16. The minimum Gasteiger partial charge on any atom is -0.338 e. The standard InChI is InChI=1S/C12H24N2O3S/c1-4-14(10-5-6-18(16,17)8-10)12(15)11(13)7-9(2)3/h9-11H,4-8,13H2,1-3H3/t10?,11-/m0/s1. The molecule has 0 saturated carbocycles. The lowest BCUT2D eigenvalue weighted by atomic mass is 10.0. The Balaban J connectivity index is 2.69. The van der Waals surface area contributed by atoms with Gasteiger partial charge in [0.25, 0.3) is 0 Å². The second-order valence-corrected chi connectivity index (χ2v) is 7.65. The smallest absolute Gasteiger partial charge is 0.239 e. The van der Waals surface area contributed by atoms with Crippen LogP contribution in [0.2, 0.25) is 0 Å². The number of sulfone groups is 1. The molecule has 1 amide bonds. The van der Waals surface area contributed by atoms with Crippen molar-refractivity contribution in [2.75, 3.05) is 18.1 Å². The molecule has 106 valence electrons. The second-order valence-electron chi connectivity index (χ2n) is 5.42. The van der Waals surface area contributed by atoms with E-state index in [1.165, 1.54) is 0 Å². The summed E-state index contributed by atoms with van der Waals surface area (Å²) in [6.45, 7) is 6.42. The molecule has 1 rings (SSSR count). The van der Waals surface area contributed by atoms with Crippen LogP contribution >= 0.6 is 0 Å². The van der Waals surface area contributed by atoms with Gasteiger partial charge in [-0.2, -0.15) is 0 Å².